The molecule has 0 aliphatic rings. The molecule has 0 saturated heterocycles. The maximum absolute atomic E-state index is 10.6. The lowest BCUT2D eigenvalue weighted by Gasteiger charge is -2.17. The van der Waals surface area contributed by atoms with Crippen LogP contribution in [0.4, 0.5) is 5.88 Å². The number of carbonyl (C=O) groups is 1. The molecule has 16 heavy (non-hydrogen) atoms. The van der Waals surface area contributed by atoms with Crippen molar-refractivity contribution in [3.8, 4) is 0 Å². The van der Waals surface area contributed by atoms with E-state index in [2.05, 4.69) is 19.2 Å². The molecule has 1 heterocycles. The number of carboxylic acids is 1. The maximum atomic E-state index is 10.6. The number of aromatic carboxylic acids is 1. The smallest absolute Gasteiger partial charge is 0.371 e. The molecule has 0 aliphatic heterocycles. The summed E-state index contributed by atoms with van der Waals surface area (Å²) in [5.41, 5.74) is 0. The Morgan fingerprint density at radius 1 is 1.50 bits per heavy atom. The fourth-order valence-corrected chi connectivity index (χ4v) is 1.48. The highest BCUT2D eigenvalue weighted by atomic mass is 16.4. The van der Waals surface area contributed by atoms with E-state index in [4.69, 9.17) is 14.6 Å². The van der Waals surface area contributed by atoms with Crippen LogP contribution in [0.2, 0.25) is 0 Å². The van der Waals surface area contributed by atoms with Gasteiger partial charge in [-0.2, -0.15) is 0 Å². The molecule has 0 aromatic carbocycles. The van der Waals surface area contributed by atoms with Gasteiger partial charge in [0.2, 0.25) is 5.76 Å². The SMILES string of the molecule is CC(C)CC(CO)Nc1ccc(C(=O)O)o1. The average Bonchev–Trinajstić information content (AvgIpc) is 2.64. The number of aliphatic hydroxyl groups is 1. The van der Waals surface area contributed by atoms with Crippen molar-refractivity contribution in [1.29, 1.82) is 0 Å². The molecule has 1 aromatic heterocycles. The van der Waals surface area contributed by atoms with Gasteiger partial charge in [-0.3, -0.25) is 0 Å². The second kappa shape index (κ2) is 5.55. The minimum Gasteiger partial charge on any atom is -0.475 e. The van der Waals surface area contributed by atoms with Crippen LogP contribution in [0.15, 0.2) is 16.5 Å². The second-order valence-electron chi connectivity index (χ2n) is 4.12. The maximum Gasteiger partial charge on any atom is 0.371 e. The van der Waals surface area contributed by atoms with Crippen molar-refractivity contribution in [2.75, 3.05) is 11.9 Å². The molecule has 5 heteroatoms. The highest BCUT2D eigenvalue weighted by molar-refractivity contribution is 5.84. The second-order valence-corrected chi connectivity index (χ2v) is 4.12. The molecule has 5 nitrogen and oxygen atoms in total. The first-order valence-electron chi connectivity index (χ1n) is 5.23. The van der Waals surface area contributed by atoms with E-state index in [1.807, 2.05) is 0 Å². The topological polar surface area (TPSA) is 82.7 Å². The number of rotatable bonds is 6. The van der Waals surface area contributed by atoms with Crippen molar-refractivity contribution in [2.45, 2.75) is 26.3 Å². The Balaban J connectivity index is 2.59. The van der Waals surface area contributed by atoms with E-state index in [1.165, 1.54) is 6.07 Å². The summed E-state index contributed by atoms with van der Waals surface area (Å²) in [5.74, 6) is -0.392. The van der Waals surface area contributed by atoms with Gasteiger partial charge in [-0.05, 0) is 18.4 Å². The lowest BCUT2D eigenvalue weighted by atomic mass is 10.0. The summed E-state index contributed by atoms with van der Waals surface area (Å²) in [7, 11) is 0. The number of aliphatic hydroxyl groups excluding tert-OH is 1. The van der Waals surface area contributed by atoms with Crippen LogP contribution >= 0.6 is 0 Å². The van der Waals surface area contributed by atoms with Crippen LogP contribution < -0.4 is 5.32 Å². The van der Waals surface area contributed by atoms with Gasteiger partial charge in [0.1, 0.15) is 0 Å². The van der Waals surface area contributed by atoms with Crippen LogP contribution in [0.1, 0.15) is 30.8 Å². The number of hydrogen-bond donors (Lipinski definition) is 3. The molecule has 3 N–H and O–H groups in total. The zero-order valence-corrected chi connectivity index (χ0v) is 9.43. The van der Waals surface area contributed by atoms with Crippen molar-refractivity contribution in [3.05, 3.63) is 17.9 Å². The fourth-order valence-electron chi connectivity index (χ4n) is 1.48. The highest BCUT2D eigenvalue weighted by Crippen LogP contribution is 2.16. The summed E-state index contributed by atoms with van der Waals surface area (Å²) < 4.78 is 5.04. The van der Waals surface area contributed by atoms with Gasteiger partial charge in [0, 0.05) is 6.07 Å². The van der Waals surface area contributed by atoms with E-state index >= 15 is 0 Å². The van der Waals surface area contributed by atoms with Crippen molar-refractivity contribution in [1.82, 2.24) is 0 Å². The average molecular weight is 227 g/mol. The van der Waals surface area contributed by atoms with Gasteiger partial charge in [0.15, 0.2) is 5.88 Å². The van der Waals surface area contributed by atoms with Crippen molar-refractivity contribution in [3.63, 3.8) is 0 Å². The van der Waals surface area contributed by atoms with Crippen LogP contribution in [0.5, 0.6) is 0 Å². The molecule has 0 fully saturated rings. The van der Waals surface area contributed by atoms with E-state index in [1.54, 1.807) is 6.07 Å². The first-order chi connectivity index (χ1) is 7.52. The molecule has 1 atom stereocenters. The summed E-state index contributed by atoms with van der Waals surface area (Å²) in [6, 6.07) is 2.81. The van der Waals surface area contributed by atoms with Crippen LogP contribution in [-0.4, -0.2) is 28.8 Å². The highest BCUT2D eigenvalue weighted by Gasteiger charge is 2.13. The van der Waals surface area contributed by atoms with Gasteiger partial charge in [0.25, 0.3) is 0 Å². The predicted octanol–water partition coefficient (Wildman–Crippen LogP) is 1.80. The van der Waals surface area contributed by atoms with Gasteiger partial charge >= 0.3 is 5.97 Å². The molecule has 1 unspecified atom stereocenters. The third kappa shape index (κ3) is 3.58. The molecule has 0 spiro atoms. The number of furan rings is 1. The van der Waals surface area contributed by atoms with E-state index in [0.29, 0.717) is 11.8 Å². The molecule has 0 radical (unpaired) electrons. The lowest BCUT2D eigenvalue weighted by molar-refractivity contribution is 0.0663. The number of carboxylic acid groups (broad SMARTS) is 1. The van der Waals surface area contributed by atoms with E-state index in [9.17, 15) is 4.79 Å². The van der Waals surface area contributed by atoms with Crippen molar-refractivity contribution >= 4 is 11.9 Å². The molecule has 0 aliphatic carbocycles. The Bertz CT molecular complexity index is 346. The van der Waals surface area contributed by atoms with E-state index in [0.717, 1.165) is 6.42 Å². The Hall–Kier alpha value is -1.49. The van der Waals surface area contributed by atoms with Gasteiger partial charge in [-0.25, -0.2) is 4.79 Å². The summed E-state index contributed by atoms with van der Waals surface area (Å²) in [6.45, 7) is 4.09. The third-order valence-electron chi connectivity index (χ3n) is 2.14. The fraction of sp³-hybridized carbons (Fsp3) is 0.545. The normalized spacial score (nSPS) is 12.8. The number of nitrogens with one attached hydrogen (secondary N) is 1. The first-order valence-corrected chi connectivity index (χ1v) is 5.23. The molecule has 90 valence electrons. The van der Waals surface area contributed by atoms with Crippen LogP contribution in [0, 0.1) is 5.92 Å². The van der Waals surface area contributed by atoms with Gasteiger partial charge in [0.05, 0.1) is 12.6 Å². The molecule has 1 aromatic rings. The monoisotopic (exact) mass is 227 g/mol. The molecule has 0 saturated carbocycles. The Kier molecular flexibility index (Phi) is 4.37. The molecular formula is C11H17NO4. The largest absolute Gasteiger partial charge is 0.475 e. The summed E-state index contributed by atoms with van der Waals surface area (Å²) in [6.07, 6.45) is 0.791. The zero-order chi connectivity index (χ0) is 12.1. The minimum atomic E-state index is -1.10. The predicted molar refractivity (Wildman–Crippen MR) is 59.6 cm³/mol. The number of hydrogen-bond acceptors (Lipinski definition) is 4. The van der Waals surface area contributed by atoms with Gasteiger partial charge in [-0.15, -0.1) is 0 Å². The number of anilines is 1. The summed E-state index contributed by atoms with van der Waals surface area (Å²) in [5, 5.41) is 20.8. The lowest BCUT2D eigenvalue weighted by Crippen LogP contribution is -2.25. The van der Waals surface area contributed by atoms with Crippen molar-refractivity contribution in [2.24, 2.45) is 5.92 Å². The summed E-state index contributed by atoms with van der Waals surface area (Å²) >= 11 is 0. The molecule has 1 rings (SSSR count). The summed E-state index contributed by atoms with van der Waals surface area (Å²) in [4.78, 5) is 10.6. The first kappa shape index (κ1) is 12.6. The van der Waals surface area contributed by atoms with E-state index < -0.39 is 5.97 Å². The van der Waals surface area contributed by atoms with Crippen LogP contribution in [0.25, 0.3) is 0 Å². The molecular weight excluding hydrogens is 210 g/mol. The minimum absolute atomic E-state index is 0.0126. The Morgan fingerprint density at radius 2 is 2.19 bits per heavy atom. The van der Waals surface area contributed by atoms with Gasteiger partial charge in [-0.1, -0.05) is 13.8 Å². The Morgan fingerprint density at radius 3 is 2.62 bits per heavy atom. The molecule has 0 bridgehead atoms. The van der Waals surface area contributed by atoms with Crippen LogP contribution in [-0.2, 0) is 0 Å². The van der Waals surface area contributed by atoms with Gasteiger partial charge < -0.3 is 19.9 Å². The van der Waals surface area contributed by atoms with Crippen molar-refractivity contribution < 1.29 is 19.4 Å². The standard InChI is InChI=1S/C11H17NO4/c1-7(2)5-8(6-13)12-10-4-3-9(16-10)11(14)15/h3-4,7-8,12-13H,5-6H2,1-2H3,(H,14,15). The quantitative estimate of drug-likeness (QED) is 0.690. The van der Waals surface area contributed by atoms with Crippen LogP contribution in [0.3, 0.4) is 0 Å². The Labute approximate surface area is 94.1 Å². The third-order valence-corrected chi connectivity index (χ3v) is 2.14. The van der Waals surface area contributed by atoms with E-state index in [-0.39, 0.29) is 18.4 Å². The zero-order valence-electron chi connectivity index (χ0n) is 9.43. The molecule has 0 amide bonds.